The molecule has 0 aromatic heterocycles. The first kappa shape index (κ1) is 21.3. The fraction of sp³-hybridized carbons (Fsp3) is 0.632. The van der Waals surface area contributed by atoms with E-state index in [1.54, 1.807) is 7.11 Å². The molecule has 0 aliphatic carbocycles. The van der Waals surface area contributed by atoms with Gasteiger partial charge in [-0.2, -0.15) is 0 Å². The molecule has 0 aliphatic heterocycles. The summed E-state index contributed by atoms with van der Waals surface area (Å²) in [6.07, 6.45) is 2.92. The van der Waals surface area contributed by atoms with Crippen LogP contribution in [0.15, 0.2) is 29.3 Å². The third-order valence-corrected chi connectivity index (χ3v) is 3.37. The van der Waals surface area contributed by atoms with E-state index in [0.29, 0.717) is 13.2 Å². The zero-order valence-electron chi connectivity index (χ0n) is 15.8. The number of hydrogen-bond acceptors (Lipinski definition) is 4. The zero-order valence-corrected chi connectivity index (χ0v) is 15.8. The predicted octanol–water partition coefficient (Wildman–Crippen LogP) is 3.30. The Kier molecular flexibility index (Phi) is 12.4. The summed E-state index contributed by atoms with van der Waals surface area (Å²) in [7, 11) is 1.70. The van der Waals surface area contributed by atoms with Crippen LogP contribution in [0.2, 0.25) is 0 Å². The maximum absolute atomic E-state index is 5.73. The molecule has 0 saturated heterocycles. The molecule has 0 spiro atoms. The standard InChI is InChI=1S/C19H33N3O3/c1-4-20-19(21-12-6-7-14-24-5-2)22-17-10-8-11-18(16-17)25-15-9-13-23-3/h8,10-11,16H,4-7,9,12-15H2,1-3H3,(H2,20,21,22). The van der Waals surface area contributed by atoms with Gasteiger partial charge in [0, 0.05) is 58.2 Å². The van der Waals surface area contributed by atoms with E-state index < -0.39 is 0 Å². The van der Waals surface area contributed by atoms with Crippen molar-refractivity contribution in [2.75, 3.05) is 51.9 Å². The van der Waals surface area contributed by atoms with Gasteiger partial charge in [0.15, 0.2) is 5.96 Å². The number of guanidine groups is 1. The van der Waals surface area contributed by atoms with Crippen LogP contribution in [-0.2, 0) is 9.47 Å². The van der Waals surface area contributed by atoms with Gasteiger partial charge in [-0.15, -0.1) is 0 Å². The quantitative estimate of drug-likeness (QED) is 0.324. The minimum Gasteiger partial charge on any atom is -0.493 e. The second kappa shape index (κ2) is 14.5. The number of benzene rings is 1. The van der Waals surface area contributed by atoms with Crippen molar-refractivity contribution in [3.63, 3.8) is 0 Å². The lowest BCUT2D eigenvalue weighted by Gasteiger charge is -2.13. The fourth-order valence-electron chi connectivity index (χ4n) is 2.15. The number of anilines is 1. The molecule has 0 radical (unpaired) electrons. The molecule has 0 amide bonds. The summed E-state index contributed by atoms with van der Waals surface area (Å²) in [6, 6.07) is 7.91. The van der Waals surface area contributed by atoms with Gasteiger partial charge < -0.3 is 24.8 Å². The van der Waals surface area contributed by atoms with E-state index >= 15 is 0 Å². The van der Waals surface area contributed by atoms with Gasteiger partial charge >= 0.3 is 0 Å². The molecule has 0 aliphatic rings. The number of unbranched alkanes of at least 4 members (excludes halogenated alkanes) is 1. The van der Waals surface area contributed by atoms with E-state index in [1.165, 1.54) is 0 Å². The Bertz CT molecular complexity index is 481. The summed E-state index contributed by atoms with van der Waals surface area (Å²) in [4.78, 5) is 4.60. The van der Waals surface area contributed by atoms with Crippen LogP contribution in [0.25, 0.3) is 0 Å². The topological polar surface area (TPSA) is 64.1 Å². The van der Waals surface area contributed by atoms with Gasteiger partial charge in [0.05, 0.1) is 6.61 Å². The van der Waals surface area contributed by atoms with E-state index in [9.17, 15) is 0 Å². The van der Waals surface area contributed by atoms with E-state index in [-0.39, 0.29) is 0 Å². The highest BCUT2D eigenvalue weighted by Crippen LogP contribution is 2.17. The van der Waals surface area contributed by atoms with Gasteiger partial charge in [-0.25, -0.2) is 0 Å². The smallest absolute Gasteiger partial charge is 0.195 e. The molecule has 0 heterocycles. The molecule has 1 aromatic rings. The largest absolute Gasteiger partial charge is 0.493 e. The van der Waals surface area contributed by atoms with Crippen LogP contribution in [0.1, 0.15) is 33.1 Å². The summed E-state index contributed by atoms with van der Waals surface area (Å²) in [5.74, 6) is 1.63. The summed E-state index contributed by atoms with van der Waals surface area (Å²) in [6.45, 7) is 8.59. The number of aliphatic imine (C=N–C) groups is 1. The third-order valence-electron chi connectivity index (χ3n) is 3.37. The van der Waals surface area contributed by atoms with Crippen LogP contribution < -0.4 is 15.4 Å². The Labute approximate surface area is 152 Å². The molecule has 25 heavy (non-hydrogen) atoms. The lowest BCUT2D eigenvalue weighted by molar-refractivity contribution is 0.144. The Balaban J connectivity index is 2.47. The van der Waals surface area contributed by atoms with Gasteiger partial charge in [0.25, 0.3) is 0 Å². The van der Waals surface area contributed by atoms with Crippen molar-refractivity contribution in [2.45, 2.75) is 33.1 Å². The molecule has 0 fully saturated rings. The third kappa shape index (κ3) is 10.6. The molecular formula is C19H33N3O3. The van der Waals surface area contributed by atoms with Crippen molar-refractivity contribution >= 4 is 11.6 Å². The lowest BCUT2D eigenvalue weighted by atomic mass is 10.3. The van der Waals surface area contributed by atoms with Gasteiger partial charge in [-0.1, -0.05) is 6.07 Å². The normalized spacial score (nSPS) is 11.4. The maximum atomic E-state index is 5.73. The number of rotatable bonds is 13. The molecule has 2 N–H and O–H groups in total. The van der Waals surface area contributed by atoms with Gasteiger partial charge in [-0.05, 0) is 38.8 Å². The molecule has 0 unspecified atom stereocenters. The Hall–Kier alpha value is -1.79. The number of nitrogens with zero attached hydrogens (tertiary/aromatic N) is 1. The number of ether oxygens (including phenoxy) is 3. The van der Waals surface area contributed by atoms with Crippen LogP contribution in [-0.4, -0.2) is 52.6 Å². The highest BCUT2D eigenvalue weighted by atomic mass is 16.5. The van der Waals surface area contributed by atoms with E-state index in [4.69, 9.17) is 14.2 Å². The average molecular weight is 351 g/mol. The van der Waals surface area contributed by atoms with E-state index in [2.05, 4.69) is 22.5 Å². The molecular weight excluding hydrogens is 318 g/mol. The van der Waals surface area contributed by atoms with Crippen LogP contribution in [0.4, 0.5) is 5.69 Å². The zero-order chi connectivity index (χ0) is 18.2. The SMILES string of the molecule is CCNC(=NCCCCOCC)Nc1cccc(OCCCOC)c1. The first-order valence-corrected chi connectivity index (χ1v) is 9.15. The van der Waals surface area contributed by atoms with Crippen molar-refractivity contribution < 1.29 is 14.2 Å². The number of nitrogens with one attached hydrogen (secondary N) is 2. The molecule has 0 atom stereocenters. The second-order valence-corrected chi connectivity index (χ2v) is 5.51. The first-order valence-electron chi connectivity index (χ1n) is 9.15. The van der Waals surface area contributed by atoms with Crippen molar-refractivity contribution in [1.29, 1.82) is 0 Å². The Morgan fingerprint density at radius 3 is 2.72 bits per heavy atom. The molecule has 6 nitrogen and oxygen atoms in total. The van der Waals surface area contributed by atoms with E-state index in [0.717, 1.165) is 63.0 Å². The van der Waals surface area contributed by atoms with Crippen LogP contribution >= 0.6 is 0 Å². The first-order chi connectivity index (χ1) is 12.3. The highest BCUT2D eigenvalue weighted by molar-refractivity contribution is 5.93. The summed E-state index contributed by atoms with van der Waals surface area (Å²) < 4.78 is 16.1. The van der Waals surface area contributed by atoms with Crippen LogP contribution in [0, 0.1) is 0 Å². The van der Waals surface area contributed by atoms with Crippen molar-refractivity contribution in [2.24, 2.45) is 4.99 Å². The molecule has 1 rings (SSSR count). The van der Waals surface area contributed by atoms with Crippen LogP contribution in [0.3, 0.4) is 0 Å². The summed E-state index contributed by atoms with van der Waals surface area (Å²) in [5, 5.41) is 6.59. The van der Waals surface area contributed by atoms with Crippen molar-refractivity contribution in [1.82, 2.24) is 5.32 Å². The Morgan fingerprint density at radius 2 is 1.96 bits per heavy atom. The molecule has 0 bridgehead atoms. The number of hydrogen-bond donors (Lipinski definition) is 2. The minimum atomic E-state index is 0.644. The van der Waals surface area contributed by atoms with Crippen molar-refractivity contribution in [3.8, 4) is 5.75 Å². The van der Waals surface area contributed by atoms with Crippen LogP contribution in [0.5, 0.6) is 5.75 Å². The highest BCUT2D eigenvalue weighted by Gasteiger charge is 2.01. The molecule has 142 valence electrons. The lowest BCUT2D eigenvalue weighted by Crippen LogP contribution is -2.30. The molecule has 6 heteroatoms. The predicted molar refractivity (Wildman–Crippen MR) is 104 cm³/mol. The van der Waals surface area contributed by atoms with Gasteiger partial charge in [-0.3, -0.25) is 4.99 Å². The Morgan fingerprint density at radius 1 is 1.08 bits per heavy atom. The van der Waals surface area contributed by atoms with E-state index in [1.807, 2.05) is 31.2 Å². The monoisotopic (exact) mass is 351 g/mol. The van der Waals surface area contributed by atoms with Crippen molar-refractivity contribution in [3.05, 3.63) is 24.3 Å². The molecule has 1 aromatic carbocycles. The minimum absolute atomic E-state index is 0.644. The van der Waals surface area contributed by atoms with Gasteiger partial charge in [0.1, 0.15) is 5.75 Å². The average Bonchev–Trinajstić information content (AvgIpc) is 2.62. The second-order valence-electron chi connectivity index (χ2n) is 5.51. The van der Waals surface area contributed by atoms with Gasteiger partial charge in [0.2, 0.25) is 0 Å². The summed E-state index contributed by atoms with van der Waals surface area (Å²) >= 11 is 0. The molecule has 0 saturated carbocycles. The fourth-order valence-corrected chi connectivity index (χ4v) is 2.15. The maximum Gasteiger partial charge on any atom is 0.195 e. The summed E-state index contributed by atoms with van der Waals surface area (Å²) in [5.41, 5.74) is 0.957. The number of methoxy groups -OCH3 is 1.